The van der Waals surface area contributed by atoms with Crippen molar-refractivity contribution in [3.05, 3.63) is 17.3 Å². The zero-order valence-electron chi connectivity index (χ0n) is 15.0. The molecular weight excluding hydrogens is 318 g/mol. The number of aryl methyl sites for hydroxylation is 1. The number of oxazole rings is 1. The summed E-state index contributed by atoms with van der Waals surface area (Å²) >= 11 is 0. The molecule has 2 aliphatic heterocycles. The van der Waals surface area contributed by atoms with Crippen LogP contribution in [-0.2, 0) is 4.79 Å². The molecule has 1 aromatic heterocycles. The lowest BCUT2D eigenvalue weighted by molar-refractivity contribution is -0.139. The number of nitrogens with zero attached hydrogens (tertiary/aromatic N) is 3. The minimum Gasteiger partial charge on any atom is -0.445 e. The van der Waals surface area contributed by atoms with Crippen molar-refractivity contribution in [1.29, 1.82) is 0 Å². The van der Waals surface area contributed by atoms with E-state index in [9.17, 15) is 9.59 Å². The van der Waals surface area contributed by atoms with Crippen molar-refractivity contribution in [1.82, 2.24) is 14.8 Å². The molecule has 0 atom stereocenters. The Kier molecular flexibility index (Phi) is 4.52. The lowest BCUT2D eigenvalue weighted by Gasteiger charge is -2.35. The van der Waals surface area contributed by atoms with Gasteiger partial charge in [0.05, 0.1) is 0 Å². The molecule has 1 aliphatic carbocycles. The monoisotopic (exact) mass is 345 g/mol. The summed E-state index contributed by atoms with van der Waals surface area (Å²) in [6.07, 6.45) is 7.19. The maximum Gasteiger partial charge on any atom is 0.276 e. The molecule has 0 N–H and O–H groups in total. The van der Waals surface area contributed by atoms with Crippen molar-refractivity contribution in [2.45, 2.75) is 57.8 Å². The zero-order valence-corrected chi connectivity index (χ0v) is 15.0. The number of piperidine rings is 1. The Bertz CT molecular complexity index is 651. The van der Waals surface area contributed by atoms with Crippen molar-refractivity contribution < 1.29 is 14.0 Å². The Morgan fingerprint density at radius 1 is 0.960 bits per heavy atom. The van der Waals surface area contributed by atoms with Crippen molar-refractivity contribution in [2.75, 3.05) is 26.2 Å². The Hall–Kier alpha value is -1.85. The van der Waals surface area contributed by atoms with Crippen LogP contribution >= 0.6 is 0 Å². The lowest BCUT2D eigenvalue weighted by Crippen LogP contribution is -2.43. The highest BCUT2D eigenvalue weighted by Gasteiger charge is 2.34. The average molecular weight is 345 g/mol. The van der Waals surface area contributed by atoms with Crippen LogP contribution in [-0.4, -0.2) is 52.8 Å². The molecule has 25 heavy (non-hydrogen) atoms. The van der Waals surface area contributed by atoms with E-state index in [1.165, 1.54) is 6.42 Å². The average Bonchev–Trinajstić information content (AvgIpc) is 3.22. The number of carbonyl (C=O) groups excluding carboxylic acids is 2. The quantitative estimate of drug-likeness (QED) is 0.845. The van der Waals surface area contributed by atoms with E-state index in [1.807, 2.05) is 16.7 Å². The third kappa shape index (κ3) is 3.18. The fourth-order valence-electron chi connectivity index (χ4n) is 4.12. The molecule has 4 rings (SSSR count). The largest absolute Gasteiger partial charge is 0.445 e. The summed E-state index contributed by atoms with van der Waals surface area (Å²) in [5, 5.41) is 0. The molecule has 2 saturated heterocycles. The van der Waals surface area contributed by atoms with E-state index in [0.29, 0.717) is 23.3 Å². The molecule has 3 aliphatic rings. The van der Waals surface area contributed by atoms with Crippen molar-refractivity contribution in [3.8, 4) is 0 Å². The van der Waals surface area contributed by atoms with Gasteiger partial charge in [0, 0.05) is 38.0 Å². The van der Waals surface area contributed by atoms with Gasteiger partial charge in [0.15, 0.2) is 11.6 Å². The maximum absolute atomic E-state index is 12.6. The number of rotatable bonds is 3. The van der Waals surface area contributed by atoms with Gasteiger partial charge in [0.25, 0.3) is 5.91 Å². The van der Waals surface area contributed by atoms with Crippen LogP contribution in [0.4, 0.5) is 0 Å². The first-order chi connectivity index (χ1) is 12.1. The number of amides is 2. The van der Waals surface area contributed by atoms with Crippen LogP contribution in [0.2, 0.25) is 0 Å². The predicted octanol–water partition coefficient (Wildman–Crippen LogP) is 2.73. The van der Waals surface area contributed by atoms with E-state index in [2.05, 4.69) is 4.98 Å². The molecule has 0 spiro atoms. The molecule has 1 aromatic rings. The van der Waals surface area contributed by atoms with Crippen molar-refractivity contribution in [3.63, 3.8) is 0 Å². The number of likely N-dealkylation sites (tertiary alicyclic amines) is 2. The van der Waals surface area contributed by atoms with E-state index < -0.39 is 0 Å². The van der Waals surface area contributed by atoms with E-state index >= 15 is 0 Å². The molecular formula is C19H27N3O3. The summed E-state index contributed by atoms with van der Waals surface area (Å²) in [5.74, 6) is 2.12. The molecule has 0 aromatic carbocycles. The van der Waals surface area contributed by atoms with Gasteiger partial charge >= 0.3 is 0 Å². The van der Waals surface area contributed by atoms with Gasteiger partial charge in [-0.15, -0.1) is 0 Å². The molecule has 6 nitrogen and oxygen atoms in total. The van der Waals surface area contributed by atoms with Crippen molar-refractivity contribution in [2.24, 2.45) is 5.92 Å². The molecule has 136 valence electrons. The molecule has 1 saturated carbocycles. The van der Waals surface area contributed by atoms with Gasteiger partial charge in [-0.3, -0.25) is 9.59 Å². The van der Waals surface area contributed by atoms with Gasteiger partial charge in [-0.05, 0) is 45.4 Å². The molecule has 3 fully saturated rings. The maximum atomic E-state index is 12.6. The lowest BCUT2D eigenvalue weighted by atomic mass is 9.83. The summed E-state index contributed by atoms with van der Waals surface area (Å²) in [5.41, 5.74) is 0.477. The van der Waals surface area contributed by atoms with Crippen LogP contribution in [0.15, 0.2) is 4.42 Å². The Morgan fingerprint density at radius 2 is 1.64 bits per heavy atom. The van der Waals surface area contributed by atoms with Crippen LogP contribution in [0.25, 0.3) is 0 Å². The SMILES string of the molecule is Cc1oc(C2CCN(C(=O)C3CCC3)CC2)nc1C(=O)N1CCCC1. The van der Waals surface area contributed by atoms with E-state index in [1.54, 1.807) is 0 Å². The van der Waals surface area contributed by atoms with E-state index in [0.717, 1.165) is 64.7 Å². The van der Waals surface area contributed by atoms with Gasteiger partial charge in [-0.1, -0.05) is 6.42 Å². The second kappa shape index (κ2) is 6.81. The summed E-state index contributed by atoms with van der Waals surface area (Å²) < 4.78 is 5.85. The topological polar surface area (TPSA) is 66.7 Å². The summed E-state index contributed by atoms with van der Waals surface area (Å²) in [4.78, 5) is 33.3. The van der Waals surface area contributed by atoms with Crippen LogP contribution < -0.4 is 0 Å². The molecule has 3 heterocycles. The van der Waals surface area contributed by atoms with E-state index in [4.69, 9.17) is 4.42 Å². The minimum atomic E-state index is 0.00240. The Balaban J connectivity index is 1.39. The number of carbonyl (C=O) groups is 2. The molecule has 0 unspecified atom stereocenters. The summed E-state index contributed by atoms with van der Waals surface area (Å²) in [6, 6.07) is 0. The van der Waals surface area contributed by atoms with E-state index in [-0.39, 0.29) is 17.7 Å². The molecule has 0 bridgehead atoms. The third-order valence-corrected chi connectivity index (χ3v) is 6.02. The molecule has 2 amide bonds. The highest BCUT2D eigenvalue weighted by molar-refractivity contribution is 5.93. The van der Waals surface area contributed by atoms with Gasteiger partial charge in [-0.2, -0.15) is 0 Å². The highest BCUT2D eigenvalue weighted by atomic mass is 16.4. The zero-order chi connectivity index (χ0) is 17.4. The van der Waals surface area contributed by atoms with Gasteiger partial charge < -0.3 is 14.2 Å². The highest BCUT2D eigenvalue weighted by Crippen LogP contribution is 2.33. The van der Waals surface area contributed by atoms with Crippen LogP contribution in [0.1, 0.15) is 73.0 Å². The van der Waals surface area contributed by atoms with Gasteiger partial charge in [0.2, 0.25) is 5.91 Å². The first-order valence-corrected chi connectivity index (χ1v) is 9.69. The minimum absolute atomic E-state index is 0.00240. The van der Waals surface area contributed by atoms with Crippen molar-refractivity contribution >= 4 is 11.8 Å². The van der Waals surface area contributed by atoms with Crippen LogP contribution in [0.3, 0.4) is 0 Å². The fraction of sp³-hybridized carbons (Fsp3) is 0.737. The van der Waals surface area contributed by atoms with Crippen LogP contribution in [0, 0.1) is 12.8 Å². The Labute approximate surface area is 148 Å². The standard InChI is InChI=1S/C19H27N3O3/c1-13-16(19(24)21-9-2-3-10-21)20-17(25-13)14-7-11-22(12-8-14)18(23)15-5-4-6-15/h14-15H,2-12H2,1H3. The molecule has 0 radical (unpaired) electrons. The number of hydrogen-bond acceptors (Lipinski definition) is 4. The fourth-order valence-corrected chi connectivity index (χ4v) is 4.12. The van der Waals surface area contributed by atoms with Crippen LogP contribution in [0.5, 0.6) is 0 Å². The second-order valence-corrected chi connectivity index (χ2v) is 7.68. The Morgan fingerprint density at radius 3 is 2.24 bits per heavy atom. The second-order valence-electron chi connectivity index (χ2n) is 7.68. The van der Waals surface area contributed by atoms with Gasteiger partial charge in [-0.25, -0.2) is 4.98 Å². The smallest absolute Gasteiger partial charge is 0.276 e. The molecule has 6 heteroatoms. The number of aromatic nitrogens is 1. The third-order valence-electron chi connectivity index (χ3n) is 6.02. The normalized spacial score (nSPS) is 22.3. The first-order valence-electron chi connectivity index (χ1n) is 9.69. The predicted molar refractivity (Wildman–Crippen MR) is 92.3 cm³/mol. The summed E-state index contributed by atoms with van der Waals surface area (Å²) in [6.45, 7) is 5.02. The van der Waals surface area contributed by atoms with Gasteiger partial charge in [0.1, 0.15) is 5.76 Å². The first kappa shape index (κ1) is 16.6. The number of hydrogen-bond donors (Lipinski definition) is 0. The summed E-state index contributed by atoms with van der Waals surface area (Å²) in [7, 11) is 0.